The third kappa shape index (κ3) is 5.67. The summed E-state index contributed by atoms with van der Waals surface area (Å²) in [5.41, 5.74) is 1.55. The SMILES string of the molecule is CC1=C(C(=O)NCCCN2C[C@@H](C)C[C@H](C)C2)C2(CCN(Cc3ccccc3)CC2)OC1=O. The van der Waals surface area contributed by atoms with Crippen molar-refractivity contribution < 1.29 is 14.3 Å². The van der Waals surface area contributed by atoms with Crippen molar-refractivity contribution in [2.45, 2.75) is 58.6 Å². The summed E-state index contributed by atoms with van der Waals surface area (Å²) in [4.78, 5) is 30.5. The topological polar surface area (TPSA) is 61.9 Å². The number of nitrogens with one attached hydrogen (secondary N) is 1. The van der Waals surface area contributed by atoms with Gasteiger partial charge in [0.05, 0.1) is 5.57 Å². The van der Waals surface area contributed by atoms with E-state index in [2.05, 4.69) is 53.2 Å². The number of rotatable bonds is 7. The fourth-order valence-electron chi connectivity index (χ4n) is 5.96. The Morgan fingerprint density at radius 2 is 1.76 bits per heavy atom. The molecule has 0 aliphatic carbocycles. The monoisotopic (exact) mass is 453 g/mol. The molecule has 2 fully saturated rings. The van der Waals surface area contributed by atoms with Crippen molar-refractivity contribution in [2.24, 2.45) is 11.8 Å². The highest BCUT2D eigenvalue weighted by Gasteiger charge is 2.50. The van der Waals surface area contributed by atoms with E-state index in [1.165, 1.54) is 12.0 Å². The van der Waals surface area contributed by atoms with Crippen LogP contribution in [0, 0.1) is 11.8 Å². The van der Waals surface area contributed by atoms with Crippen LogP contribution in [0.1, 0.15) is 52.0 Å². The molecule has 3 heterocycles. The molecule has 0 aromatic heterocycles. The van der Waals surface area contributed by atoms with Gasteiger partial charge in [-0.15, -0.1) is 0 Å². The standard InChI is InChI=1S/C27H39N3O3/c1-20-16-21(2)18-30(17-20)13-7-12-28-25(31)24-22(3)26(32)33-27(24)10-14-29(15-11-27)19-23-8-5-4-6-9-23/h4-6,8-9,20-21H,7,10-19H2,1-3H3,(H,28,31)/t20-,21-/m0/s1. The minimum Gasteiger partial charge on any atom is -0.450 e. The number of benzene rings is 1. The molecule has 1 N–H and O–H groups in total. The van der Waals surface area contributed by atoms with Crippen molar-refractivity contribution in [1.82, 2.24) is 15.1 Å². The summed E-state index contributed by atoms with van der Waals surface area (Å²) < 4.78 is 5.85. The number of carbonyl (C=O) groups excluding carboxylic acids is 2. The van der Waals surface area contributed by atoms with Crippen LogP contribution in [0.15, 0.2) is 41.5 Å². The summed E-state index contributed by atoms with van der Waals surface area (Å²) in [5, 5.41) is 3.09. The van der Waals surface area contributed by atoms with Gasteiger partial charge in [-0.2, -0.15) is 0 Å². The molecular formula is C27H39N3O3. The summed E-state index contributed by atoms with van der Waals surface area (Å²) in [6.45, 7) is 12.8. The van der Waals surface area contributed by atoms with E-state index in [4.69, 9.17) is 4.74 Å². The maximum absolute atomic E-state index is 13.2. The maximum atomic E-state index is 13.2. The summed E-state index contributed by atoms with van der Waals surface area (Å²) >= 11 is 0. The highest BCUT2D eigenvalue weighted by Crippen LogP contribution is 2.41. The quantitative estimate of drug-likeness (QED) is 0.507. The molecule has 3 aliphatic heterocycles. The lowest BCUT2D eigenvalue weighted by molar-refractivity contribution is -0.151. The van der Waals surface area contributed by atoms with Crippen LogP contribution in [0.25, 0.3) is 0 Å². The first-order chi connectivity index (χ1) is 15.9. The van der Waals surface area contributed by atoms with E-state index in [0.717, 1.165) is 57.5 Å². The Bertz CT molecular complexity index is 864. The Labute approximate surface area is 198 Å². The van der Waals surface area contributed by atoms with Crippen molar-refractivity contribution in [1.29, 1.82) is 0 Å². The first-order valence-corrected chi connectivity index (χ1v) is 12.6. The van der Waals surface area contributed by atoms with Crippen LogP contribution in [0.3, 0.4) is 0 Å². The van der Waals surface area contributed by atoms with Gasteiger partial charge in [-0.25, -0.2) is 4.79 Å². The number of amides is 1. The first-order valence-electron chi connectivity index (χ1n) is 12.6. The molecular weight excluding hydrogens is 414 g/mol. The lowest BCUT2D eigenvalue weighted by Gasteiger charge is -2.39. The Morgan fingerprint density at radius 3 is 2.42 bits per heavy atom. The molecule has 0 unspecified atom stereocenters. The van der Waals surface area contributed by atoms with Crippen LogP contribution in [-0.4, -0.2) is 66.5 Å². The number of likely N-dealkylation sites (tertiary alicyclic amines) is 2. The number of esters is 1. The van der Waals surface area contributed by atoms with E-state index in [1.807, 2.05) is 6.07 Å². The van der Waals surface area contributed by atoms with Gasteiger partial charge in [-0.05, 0) is 43.7 Å². The molecule has 6 nitrogen and oxygen atoms in total. The van der Waals surface area contributed by atoms with E-state index in [9.17, 15) is 9.59 Å². The Morgan fingerprint density at radius 1 is 1.09 bits per heavy atom. The molecule has 0 saturated carbocycles. The van der Waals surface area contributed by atoms with Crippen molar-refractivity contribution >= 4 is 11.9 Å². The van der Waals surface area contributed by atoms with Crippen LogP contribution in [0.5, 0.6) is 0 Å². The molecule has 1 aromatic rings. The average molecular weight is 454 g/mol. The molecule has 1 amide bonds. The normalized spacial score (nSPS) is 26.0. The molecule has 1 spiro atoms. The minimum atomic E-state index is -0.768. The molecule has 4 rings (SSSR count). The molecule has 0 radical (unpaired) electrons. The number of nitrogens with zero attached hydrogens (tertiary/aromatic N) is 2. The number of ether oxygens (including phenoxy) is 1. The predicted molar refractivity (Wildman–Crippen MR) is 129 cm³/mol. The van der Waals surface area contributed by atoms with Crippen LogP contribution in [-0.2, 0) is 20.9 Å². The molecule has 2 atom stereocenters. The van der Waals surface area contributed by atoms with Gasteiger partial charge < -0.3 is 15.0 Å². The van der Waals surface area contributed by atoms with E-state index >= 15 is 0 Å². The van der Waals surface area contributed by atoms with Crippen molar-refractivity contribution in [3.8, 4) is 0 Å². The van der Waals surface area contributed by atoms with Gasteiger partial charge in [-0.1, -0.05) is 44.2 Å². The van der Waals surface area contributed by atoms with Gasteiger partial charge >= 0.3 is 5.97 Å². The second-order valence-corrected chi connectivity index (χ2v) is 10.5. The molecule has 1 aromatic carbocycles. The van der Waals surface area contributed by atoms with Crippen molar-refractivity contribution in [2.75, 3.05) is 39.3 Å². The third-order valence-corrected chi connectivity index (χ3v) is 7.45. The number of carbonyl (C=O) groups is 2. The van der Waals surface area contributed by atoms with E-state index < -0.39 is 5.60 Å². The average Bonchev–Trinajstić information content (AvgIpc) is 3.02. The number of piperidine rings is 2. The Kier molecular flexibility index (Phi) is 7.55. The Hall–Kier alpha value is -2.18. The van der Waals surface area contributed by atoms with E-state index in [0.29, 0.717) is 30.5 Å². The van der Waals surface area contributed by atoms with Gasteiger partial charge in [0, 0.05) is 57.7 Å². The van der Waals surface area contributed by atoms with Gasteiger partial charge in [0.25, 0.3) is 5.91 Å². The zero-order valence-electron chi connectivity index (χ0n) is 20.4. The first kappa shape index (κ1) is 24.0. The van der Waals surface area contributed by atoms with Crippen LogP contribution in [0.2, 0.25) is 0 Å². The summed E-state index contributed by atoms with van der Waals surface area (Å²) in [7, 11) is 0. The van der Waals surface area contributed by atoms with E-state index in [1.54, 1.807) is 6.92 Å². The number of hydrogen-bond acceptors (Lipinski definition) is 5. The van der Waals surface area contributed by atoms with Crippen LogP contribution in [0.4, 0.5) is 0 Å². The van der Waals surface area contributed by atoms with Gasteiger partial charge in [0.2, 0.25) is 0 Å². The molecule has 0 bridgehead atoms. The Balaban J connectivity index is 1.30. The fourth-order valence-corrected chi connectivity index (χ4v) is 5.96. The fraction of sp³-hybridized carbons (Fsp3) is 0.630. The zero-order chi connectivity index (χ0) is 23.4. The number of hydrogen-bond donors (Lipinski definition) is 1. The highest BCUT2D eigenvalue weighted by molar-refractivity contribution is 6.07. The van der Waals surface area contributed by atoms with Crippen LogP contribution >= 0.6 is 0 Å². The molecule has 2 saturated heterocycles. The van der Waals surface area contributed by atoms with Gasteiger partial charge in [0.15, 0.2) is 0 Å². The summed E-state index contributed by atoms with van der Waals surface area (Å²) in [6.07, 6.45) is 3.55. The molecule has 180 valence electrons. The smallest absolute Gasteiger partial charge is 0.335 e. The minimum absolute atomic E-state index is 0.129. The maximum Gasteiger partial charge on any atom is 0.335 e. The van der Waals surface area contributed by atoms with Gasteiger partial charge in [-0.3, -0.25) is 9.69 Å². The second kappa shape index (κ2) is 10.4. The largest absolute Gasteiger partial charge is 0.450 e. The highest BCUT2D eigenvalue weighted by atomic mass is 16.6. The second-order valence-electron chi connectivity index (χ2n) is 10.5. The van der Waals surface area contributed by atoms with E-state index in [-0.39, 0.29) is 11.9 Å². The molecule has 3 aliphatic rings. The molecule has 33 heavy (non-hydrogen) atoms. The van der Waals surface area contributed by atoms with Gasteiger partial charge in [0.1, 0.15) is 5.60 Å². The van der Waals surface area contributed by atoms with Crippen molar-refractivity contribution in [3.05, 3.63) is 47.0 Å². The van der Waals surface area contributed by atoms with Crippen molar-refractivity contribution in [3.63, 3.8) is 0 Å². The predicted octanol–water partition coefficient (Wildman–Crippen LogP) is 3.38. The molecule has 6 heteroatoms. The summed E-state index contributed by atoms with van der Waals surface area (Å²) in [6, 6.07) is 10.4. The summed E-state index contributed by atoms with van der Waals surface area (Å²) in [5.74, 6) is 1.01. The van der Waals surface area contributed by atoms with Crippen LogP contribution < -0.4 is 5.32 Å². The zero-order valence-corrected chi connectivity index (χ0v) is 20.4. The lowest BCUT2D eigenvalue weighted by Crippen LogP contribution is -2.48. The lowest BCUT2D eigenvalue weighted by atomic mass is 9.82. The third-order valence-electron chi connectivity index (χ3n) is 7.45.